The molecule has 0 fully saturated rings. The summed E-state index contributed by atoms with van der Waals surface area (Å²) < 4.78 is 84.3. The molecule has 0 aliphatic heterocycles. The van der Waals surface area contributed by atoms with E-state index in [0.29, 0.717) is 49.4 Å². The molecule has 8 N–H and O–H groups in total. The molecule has 54 heavy (non-hydrogen) atoms. The van der Waals surface area contributed by atoms with E-state index in [1.54, 1.807) is 58.7 Å². The van der Waals surface area contributed by atoms with Crippen LogP contribution in [-0.2, 0) is 12.4 Å². The Balaban J connectivity index is 0.000000441. The van der Waals surface area contributed by atoms with Gasteiger partial charge in [0.15, 0.2) is 11.4 Å². The number of amides is 3. The molecule has 15 nitrogen and oxygen atoms in total. The molecule has 2 aromatic heterocycles. The molecule has 0 atom stereocenters. The molecule has 2 heterocycles. The Morgan fingerprint density at radius 3 is 1.39 bits per heavy atom. The maximum Gasteiger partial charge on any atom is 0.433 e. The number of alkyl halides is 6. The number of carbonyl (C=O) groups excluding carboxylic acids is 3. The van der Waals surface area contributed by atoms with Crippen molar-refractivity contribution in [2.45, 2.75) is 26.2 Å². The van der Waals surface area contributed by atoms with Crippen molar-refractivity contribution in [3.8, 4) is 11.5 Å². The van der Waals surface area contributed by atoms with Crippen LogP contribution < -0.4 is 31.2 Å². The summed E-state index contributed by atoms with van der Waals surface area (Å²) in [6, 6.07) is 13.5. The Labute approximate surface area is 309 Å². The number of halogens is 7. The Morgan fingerprint density at radius 1 is 0.667 bits per heavy atom. The van der Waals surface area contributed by atoms with Gasteiger partial charge in [0.2, 0.25) is 0 Å². The normalized spacial score (nSPS) is 10.6. The first-order chi connectivity index (χ1) is 25.0. The Morgan fingerprint density at radius 2 is 1.04 bits per heavy atom. The van der Waals surface area contributed by atoms with E-state index in [4.69, 9.17) is 20.3 Å². The van der Waals surface area contributed by atoms with Crippen LogP contribution in [0.2, 0.25) is 0 Å². The van der Waals surface area contributed by atoms with E-state index >= 15 is 0 Å². The Kier molecular flexibility index (Phi) is 19.1. The number of nitrogens with one attached hydrogen (secondary N) is 5. The third kappa shape index (κ3) is 15.0. The van der Waals surface area contributed by atoms with Crippen molar-refractivity contribution in [1.29, 1.82) is 0 Å². The second-order valence-corrected chi connectivity index (χ2v) is 10.1. The number of hydrogen-bond acceptors (Lipinski definition) is 9. The van der Waals surface area contributed by atoms with Gasteiger partial charge in [-0.1, -0.05) is 0 Å². The van der Waals surface area contributed by atoms with Gasteiger partial charge in [0.25, 0.3) is 17.7 Å². The molecule has 0 aliphatic carbocycles. The van der Waals surface area contributed by atoms with Gasteiger partial charge >= 0.3 is 18.3 Å². The Bertz CT molecular complexity index is 1770. The summed E-state index contributed by atoms with van der Waals surface area (Å²) in [6.45, 7) is 5.85. The molecule has 0 unspecified atom stereocenters. The number of nitrogens with two attached hydrogens (primary N) is 1. The lowest BCUT2D eigenvalue weighted by atomic mass is 10.2. The van der Waals surface area contributed by atoms with E-state index in [9.17, 15) is 45.5 Å². The molecule has 2 aromatic carbocycles. The van der Waals surface area contributed by atoms with E-state index in [-0.39, 0.29) is 37.3 Å². The van der Waals surface area contributed by atoms with E-state index in [1.807, 2.05) is 13.8 Å². The van der Waals surface area contributed by atoms with Crippen molar-refractivity contribution in [3.05, 3.63) is 94.6 Å². The largest absolute Gasteiger partial charge is 0.494 e. The van der Waals surface area contributed by atoms with Crippen LogP contribution in [0.15, 0.2) is 60.9 Å². The van der Waals surface area contributed by atoms with Crippen LogP contribution in [0, 0.1) is 0 Å². The standard InChI is InChI=1S/C16H17F3N4O3.C11H16N2O2.C5H3F3N2O2.ClH/c1-2-26-11-5-3-10(4-6-11)14(24)20-7-8-21-15(25)12-9-22-23-13(12)16(17,18)19;1-2-15-10-5-3-9(4-6-10)11(14)13-8-7-12;6-5(7,8)3-2(4(11)12)1-9-10-3;/h3-6,9H,2,7-8H2,1H3,(H,20,24)(H,21,25)(H,22,23);3-6H,2,7-8,12H2,1H3,(H,13,14);1H,(H,9,10)(H,11,12);1H. The van der Waals surface area contributed by atoms with Gasteiger partial charge < -0.3 is 36.3 Å². The molecule has 0 bridgehead atoms. The summed E-state index contributed by atoms with van der Waals surface area (Å²) in [5.74, 6) is -1.66. The van der Waals surface area contributed by atoms with Crippen molar-refractivity contribution in [1.82, 2.24) is 36.3 Å². The molecule has 0 saturated carbocycles. The molecule has 0 radical (unpaired) electrons. The van der Waals surface area contributed by atoms with Crippen molar-refractivity contribution in [2.24, 2.45) is 5.73 Å². The summed E-state index contributed by atoms with van der Waals surface area (Å²) >= 11 is 0. The van der Waals surface area contributed by atoms with Crippen molar-refractivity contribution in [3.63, 3.8) is 0 Å². The number of carbonyl (C=O) groups is 4. The van der Waals surface area contributed by atoms with Gasteiger partial charge in [-0.25, -0.2) is 4.79 Å². The minimum Gasteiger partial charge on any atom is -0.494 e. The molecular formula is C32H37ClF6N8O7. The van der Waals surface area contributed by atoms with Crippen LogP contribution in [0.3, 0.4) is 0 Å². The quantitative estimate of drug-likeness (QED) is 0.0750. The Hall–Kier alpha value is -5.83. The van der Waals surface area contributed by atoms with Gasteiger partial charge in [0.05, 0.1) is 31.2 Å². The van der Waals surface area contributed by atoms with E-state index in [0.717, 1.165) is 11.9 Å². The number of H-pyrrole nitrogens is 2. The predicted molar refractivity (Wildman–Crippen MR) is 183 cm³/mol. The molecule has 22 heteroatoms. The summed E-state index contributed by atoms with van der Waals surface area (Å²) in [7, 11) is 0. The minimum absolute atomic E-state index is 0. The SMILES string of the molecule is CCOc1ccc(C(=O)NCCN)cc1.CCOc1ccc(C(=O)NCCNC(=O)c2cn[nH]c2C(F)(F)F)cc1.Cl.O=C(O)c1cn[nH]c1C(F)(F)F. The number of carboxylic acids is 1. The number of ether oxygens (including phenoxy) is 2. The smallest absolute Gasteiger partial charge is 0.433 e. The van der Waals surface area contributed by atoms with Gasteiger partial charge in [-0.2, -0.15) is 36.5 Å². The molecule has 3 amide bonds. The van der Waals surface area contributed by atoms with Crippen molar-refractivity contribution in [2.75, 3.05) is 39.4 Å². The number of aromatic carboxylic acids is 1. The highest BCUT2D eigenvalue weighted by atomic mass is 35.5. The summed E-state index contributed by atoms with van der Waals surface area (Å²) in [6.07, 6.45) is -7.99. The fourth-order valence-corrected chi connectivity index (χ4v) is 3.91. The highest BCUT2D eigenvalue weighted by Gasteiger charge is 2.38. The number of aromatic amines is 2. The van der Waals surface area contributed by atoms with Gasteiger partial charge in [-0.05, 0) is 62.4 Å². The van der Waals surface area contributed by atoms with Crippen molar-refractivity contribution < 1.29 is 60.1 Å². The zero-order chi connectivity index (χ0) is 39.6. The molecular weight excluding hydrogens is 758 g/mol. The maximum atomic E-state index is 12.7. The molecule has 4 aromatic rings. The average Bonchev–Trinajstić information content (AvgIpc) is 3.82. The monoisotopic (exact) mass is 794 g/mol. The van der Waals surface area contributed by atoms with Crippen LogP contribution in [-0.4, -0.2) is 88.6 Å². The zero-order valence-corrected chi connectivity index (χ0v) is 29.4. The fraction of sp³-hybridized carbons (Fsp3) is 0.312. The number of rotatable bonds is 13. The van der Waals surface area contributed by atoms with Gasteiger partial charge in [0.1, 0.15) is 17.1 Å². The second-order valence-electron chi connectivity index (χ2n) is 10.1. The first-order valence-electron chi connectivity index (χ1n) is 15.5. The summed E-state index contributed by atoms with van der Waals surface area (Å²) in [5.41, 5.74) is 2.27. The number of aromatic nitrogens is 4. The lowest BCUT2D eigenvalue weighted by Crippen LogP contribution is -2.35. The first kappa shape index (κ1) is 46.2. The molecule has 296 valence electrons. The van der Waals surface area contributed by atoms with Gasteiger partial charge in [-0.15, -0.1) is 12.4 Å². The molecule has 0 spiro atoms. The van der Waals surface area contributed by atoms with Crippen LogP contribution in [0.5, 0.6) is 11.5 Å². The minimum atomic E-state index is -4.70. The van der Waals surface area contributed by atoms with Crippen LogP contribution in [0.1, 0.15) is 66.7 Å². The molecule has 0 saturated heterocycles. The highest BCUT2D eigenvalue weighted by Crippen LogP contribution is 2.30. The van der Waals surface area contributed by atoms with Crippen LogP contribution >= 0.6 is 12.4 Å². The lowest BCUT2D eigenvalue weighted by Gasteiger charge is -2.09. The fourth-order valence-electron chi connectivity index (χ4n) is 3.91. The molecule has 4 rings (SSSR count). The summed E-state index contributed by atoms with van der Waals surface area (Å²) in [4.78, 5) is 45.4. The van der Waals surface area contributed by atoms with Crippen LogP contribution in [0.4, 0.5) is 26.3 Å². The average molecular weight is 795 g/mol. The maximum absolute atomic E-state index is 12.7. The van der Waals surface area contributed by atoms with E-state index in [1.165, 1.54) is 0 Å². The lowest BCUT2D eigenvalue weighted by molar-refractivity contribution is -0.142. The van der Waals surface area contributed by atoms with Crippen molar-refractivity contribution >= 4 is 36.1 Å². The molecule has 0 aliphatic rings. The van der Waals surface area contributed by atoms with E-state index < -0.39 is 46.7 Å². The third-order valence-electron chi connectivity index (χ3n) is 6.30. The number of benzene rings is 2. The van der Waals surface area contributed by atoms with E-state index in [2.05, 4.69) is 26.1 Å². The first-order valence-corrected chi connectivity index (χ1v) is 15.5. The number of hydrogen-bond donors (Lipinski definition) is 7. The third-order valence-corrected chi connectivity index (χ3v) is 6.30. The zero-order valence-electron chi connectivity index (χ0n) is 28.6. The number of nitrogens with zero attached hydrogens (tertiary/aromatic N) is 2. The predicted octanol–water partition coefficient (Wildman–Crippen LogP) is 4.31. The second kappa shape index (κ2) is 22.3. The topological polar surface area (TPSA) is 226 Å². The van der Waals surface area contributed by atoms with Gasteiger partial charge in [-0.3, -0.25) is 24.6 Å². The summed E-state index contributed by atoms with van der Waals surface area (Å²) in [5, 5.41) is 25.4. The highest BCUT2D eigenvalue weighted by molar-refractivity contribution is 5.96. The van der Waals surface area contributed by atoms with Crippen LogP contribution in [0.25, 0.3) is 0 Å². The number of carboxylic acid groups (broad SMARTS) is 1. The van der Waals surface area contributed by atoms with Gasteiger partial charge in [0, 0.05) is 37.3 Å².